The van der Waals surface area contributed by atoms with Crippen LogP contribution in [-0.2, 0) is 6.42 Å². The fourth-order valence-corrected chi connectivity index (χ4v) is 3.47. The maximum Gasteiger partial charge on any atom is 0.228 e. The number of benzene rings is 2. The van der Waals surface area contributed by atoms with Gasteiger partial charge in [0.05, 0.1) is 12.5 Å². The molecule has 0 aliphatic heterocycles. The molecule has 1 N–H and O–H groups in total. The smallest absolute Gasteiger partial charge is 0.228 e. The number of methoxy groups -OCH3 is 1. The Morgan fingerprint density at radius 2 is 1.84 bits per heavy atom. The second-order valence-corrected chi connectivity index (χ2v) is 7.89. The first-order chi connectivity index (χ1) is 15.6. The van der Waals surface area contributed by atoms with Crippen molar-refractivity contribution in [3.63, 3.8) is 0 Å². The summed E-state index contributed by atoms with van der Waals surface area (Å²) < 4.78 is 17.1. The first kappa shape index (κ1) is 21.7. The summed E-state index contributed by atoms with van der Waals surface area (Å²) in [6.45, 7) is 2.34. The average molecular weight is 432 g/mol. The standard InChI is InChI=1S/C26H29N3O3/c1-29(2)15-16-31-21-9-7-20(8-10-21)25-18-23-24(12-14-28-26(23)32-25)27-13-11-19-5-4-6-22(17-19)30-3/h4-10,12,14,17-18H,11,13,15-16H2,1-3H3,(H,27,28). The summed E-state index contributed by atoms with van der Waals surface area (Å²) in [5, 5.41) is 4.49. The number of aromatic nitrogens is 1. The summed E-state index contributed by atoms with van der Waals surface area (Å²) in [6.07, 6.45) is 2.66. The topological polar surface area (TPSA) is 59.8 Å². The third kappa shape index (κ3) is 5.39. The summed E-state index contributed by atoms with van der Waals surface area (Å²) in [4.78, 5) is 6.49. The van der Waals surface area contributed by atoms with E-state index in [0.29, 0.717) is 12.3 Å². The fourth-order valence-electron chi connectivity index (χ4n) is 3.47. The first-order valence-corrected chi connectivity index (χ1v) is 10.8. The Bertz CT molecular complexity index is 1150. The molecule has 4 aromatic rings. The molecular weight excluding hydrogens is 402 g/mol. The Balaban J connectivity index is 1.43. The molecule has 0 aliphatic rings. The second-order valence-electron chi connectivity index (χ2n) is 7.89. The predicted molar refractivity (Wildman–Crippen MR) is 129 cm³/mol. The van der Waals surface area contributed by atoms with Crippen molar-refractivity contribution < 1.29 is 13.9 Å². The van der Waals surface area contributed by atoms with Crippen molar-refractivity contribution in [2.75, 3.05) is 46.2 Å². The summed E-state index contributed by atoms with van der Waals surface area (Å²) in [5.74, 6) is 2.52. The van der Waals surface area contributed by atoms with Gasteiger partial charge < -0.3 is 24.1 Å². The molecule has 0 bridgehead atoms. The number of rotatable bonds is 10. The van der Waals surface area contributed by atoms with Crippen LogP contribution < -0.4 is 14.8 Å². The molecule has 6 nitrogen and oxygen atoms in total. The van der Waals surface area contributed by atoms with Crippen LogP contribution in [0, 0.1) is 0 Å². The van der Waals surface area contributed by atoms with Gasteiger partial charge in [-0.25, -0.2) is 4.98 Å². The van der Waals surface area contributed by atoms with Crippen molar-refractivity contribution in [2.45, 2.75) is 6.42 Å². The molecule has 2 heterocycles. The lowest BCUT2D eigenvalue weighted by Crippen LogP contribution is -2.19. The minimum absolute atomic E-state index is 0.623. The molecular formula is C26H29N3O3. The van der Waals surface area contributed by atoms with Crippen LogP contribution in [0.3, 0.4) is 0 Å². The van der Waals surface area contributed by atoms with Crippen LogP contribution in [0.25, 0.3) is 22.4 Å². The van der Waals surface area contributed by atoms with Gasteiger partial charge in [-0.05, 0) is 74.6 Å². The summed E-state index contributed by atoms with van der Waals surface area (Å²) in [7, 11) is 5.75. The first-order valence-electron chi connectivity index (χ1n) is 10.8. The molecule has 0 saturated carbocycles. The fraction of sp³-hybridized carbons (Fsp3) is 0.269. The van der Waals surface area contributed by atoms with Gasteiger partial charge in [0, 0.05) is 30.5 Å². The van der Waals surface area contributed by atoms with Crippen LogP contribution in [0.2, 0.25) is 0 Å². The highest BCUT2D eigenvalue weighted by Crippen LogP contribution is 2.31. The Labute approximate surface area is 188 Å². The molecule has 0 spiro atoms. The van der Waals surface area contributed by atoms with Gasteiger partial charge in [-0.2, -0.15) is 0 Å². The van der Waals surface area contributed by atoms with E-state index in [1.807, 2.05) is 62.6 Å². The average Bonchev–Trinajstić information content (AvgIpc) is 3.25. The van der Waals surface area contributed by atoms with Gasteiger partial charge in [-0.15, -0.1) is 0 Å². The van der Waals surface area contributed by atoms with Gasteiger partial charge in [0.2, 0.25) is 5.71 Å². The molecule has 0 aliphatic carbocycles. The van der Waals surface area contributed by atoms with Crippen molar-refractivity contribution in [1.29, 1.82) is 0 Å². The summed E-state index contributed by atoms with van der Waals surface area (Å²) in [6, 6.07) is 20.1. The van der Waals surface area contributed by atoms with Gasteiger partial charge in [-0.3, -0.25) is 0 Å². The highest BCUT2D eigenvalue weighted by molar-refractivity contribution is 5.91. The normalized spacial score (nSPS) is 11.1. The van der Waals surface area contributed by atoms with E-state index in [9.17, 15) is 0 Å². The number of ether oxygens (including phenoxy) is 2. The molecule has 0 amide bonds. The second kappa shape index (κ2) is 10.2. The number of nitrogens with one attached hydrogen (secondary N) is 1. The lowest BCUT2D eigenvalue weighted by Gasteiger charge is -2.11. The van der Waals surface area contributed by atoms with Crippen molar-refractivity contribution in [1.82, 2.24) is 9.88 Å². The zero-order chi connectivity index (χ0) is 22.3. The summed E-state index contributed by atoms with van der Waals surface area (Å²) in [5.41, 5.74) is 3.85. The van der Waals surface area contributed by atoms with Crippen molar-refractivity contribution in [3.05, 3.63) is 72.4 Å². The summed E-state index contributed by atoms with van der Waals surface area (Å²) >= 11 is 0. The molecule has 32 heavy (non-hydrogen) atoms. The molecule has 0 radical (unpaired) electrons. The van der Waals surface area contributed by atoms with Crippen LogP contribution in [0.4, 0.5) is 5.69 Å². The number of anilines is 1. The number of furan rings is 1. The predicted octanol–water partition coefficient (Wildman–Crippen LogP) is 5.10. The quantitative estimate of drug-likeness (QED) is 0.377. The maximum atomic E-state index is 6.03. The molecule has 2 aromatic carbocycles. The van der Waals surface area contributed by atoms with E-state index >= 15 is 0 Å². The van der Waals surface area contributed by atoms with Gasteiger partial charge in [-0.1, -0.05) is 12.1 Å². The Morgan fingerprint density at radius 3 is 2.62 bits per heavy atom. The molecule has 4 rings (SSSR count). The van der Waals surface area contributed by atoms with Gasteiger partial charge in [0.1, 0.15) is 23.9 Å². The van der Waals surface area contributed by atoms with E-state index in [-0.39, 0.29) is 0 Å². The zero-order valence-corrected chi connectivity index (χ0v) is 18.8. The van der Waals surface area contributed by atoms with Gasteiger partial charge in [0.15, 0.2) is 0 Å². The van der Waals surface area contributed by atoms with Crippen LogP contribution in [-0.4, -0.2) is 50.8 Å². The largest absolute Gasteiger partial charge is 0.497 e. The molecule has 2 aromatic heterocycles. The van der Waals surface area contributed by atoms with Crippen LogP contribution in [0.5, 0.6) is 11.5 Å². The highest BCUT2D eigenvalue weighted by Gasteiger charge is 2.11. The van der Waals surface area contributed by atoms with Crippen LogP contribution in [0.15, 0.2) is 71.3 Å². The Morgan fingerprint density at radius 1 is 1.00 bits per heavy atom. The van der Waals surface area contributed by atoms with E-state index in [4.69, 9.17) is 13.9 Å². The van der Waals surface area contributed by atoms with Crippen molar-refractivity contribution in [3.8, 4) is 22.8 Å². The van der Waals surface area contributed by atoms with Gasteiger partial charge >= 0.3 is 0 Å². The third-order valence-electron chi connectivity index (χ3n) is 5.24. The van der Waals surface area contributed by atoms with Crippen molar-refractivity contribution in [2.24, 2.45) is 0 Å². The minimum atomic E-state index is 0.623. The number of hydrogen-bond acceptors (Lipinski definition) is 6. The van der Waals surface area contributed by atoms with E-state index in [1.54, 1.807) is 13.3 Å². The van der Waals surface area contributed by atoms with Crippen LogP contribution in [0.1, 0.15) is 5.56 Å². The zero-order valence-electron chi connectivity index (χ0n) is 18.8. The van der Waals surface area contributed by atoms with E-state index in [0.717, 1.165) is 53.4 Å². The molecule has 0 atom stereocenters. The van der Waals surface area contributed by atoms with Crippen LogP contribution >= 0.6 is 0 Å². The highest BCUT2D eigenvalue weighted by atomic mass is 16.5. The number of hydrogen-bond donors (Lipinski definition) is 1. The monoisotopic (exact) mass is 431 g/mol. The lowest BCUT2D eigenvalue weighted by molar-refractivity contribution is 0.261. The minimum Gasteiger partial charge on any atom is -0.497 e. The molecule has 0 saturated heterocycles. The number of fused-ring (bicyclic) bond motifs is 1. The van der Waals surface area contributed by atoms with E-state index < -0.39 is 0 Å². The molecule has 166 valence electrons. The SMILES string of the molecule is COc1cccc(CCNc2ccnc3oc(-c4ccc(OCCN(C)C)cc4)cc23)c1. The third-order valence-corrected chi connectivity index (χ3v) is 5.24. The number of nitrogens with zero attached hydrogens (tertiary/aromatic N) is 2. The van der Waals surface area contributed by atoms with Crippen molar-refractivity contribution >= 4 is 16.8 Å². The van der Waals surface area contributed by atoms with E-state index in [1.165, 1.54) is 5.56 Å². The molecule has 0 fully saturated rings. The Kier molecular flexibility index (Phi) is 6.92. The van der Waals surface area contributed by atoms with Gasteiger partial charge in [0.25, 0.3) is 0 Å². The van der Waals surface area contributed by atoms with E-state index in [2.05, 4.69) is 27.3 Å². The molecule has 0 unspecified atom stereocenters. The maximum absolute atomic E-state index is 6.03. The molecule has 6 heteroatoms. The lowest BCUT2D eigenvalue weighted by atomic mass is 10.1. The number of pyridine rings is 1. The number of likely N-dealkylation sites (N-methyl/N-ethyl adjacent to an activating group) is 1. The Hall–Kier alpha value is -3.51.